The van der Waals surface area contributed by atoms with E-state index >= 15 is 0 Å². The van der Waals surface area contributed by atoms with Crippen molar-refractivity contribution in [2.45, 2.75) is 33.4 Å². The Bertz CT molecular complexity index is 742. The first-order chi connectivity index (χ1) is 10.6. The SMILES string of the molecule is Cc1nc([C@@H](C)N(C)Cc2cccn2-c2nccs2)c(C)s1. The van der Waals surface area contributed by atoms with E-state index in [0.29, 0.717) is 6.04 Å². The molecule has 3 heterocycles. The smallest absolute Gasteiger partial charge is 0.193 e. The van der Waals surface area contributed by atoms with E-state index in [9.17, 15) is 0 Å². The second-order valence-electron chi connectivity index (χ2n) is 5.45. The molecule has 4 nitrogen and oxygen atoms in total. The normalized spacial score (nSPS) is 13.0. The lowest BCUT2D eigenvalue weighted by molar-refractivity contribution is 0.244. The van der Waals surface area contributed by atoms with Gasteiger partial charge in [0.05, 0.1) is 16.7 Å². The molecule has 6 heteroatoms. The van der Waals surface area contributed by atoms with Crippen LogP contribution in [0.25, 0.3) is 5.13 Å². The zero-order valence-electron chi connectivity index (χ0n) is 13.3. The summed E-state index contributed by atoms with van der Waals surface area (Å²) >= 11 is 3.43. The lowest BCUT2D eigenvalue weighted by atomic mass is 10.2. The highest BCUT2D eigenvalue weighted by Gasteiger charge is 2.19. The van der Waals surface area contributed by atoms with Crippen LogP contribution in [0, 0.1) is 13.8 Å². The van der Waals surface area contributed by atoms with Gasteiger partial charge in [0.1, 0.15) is 0 Å². The second-order valence-corrected chi connectivity index (χ2v) is 7.73. The van der Waals surface area contributed by atoms with Gasteiger partial charge in [-0.2, -0.15) is 0 Å². The van der Waals surface area contributed by atoms with Gasteiger partial charge in [0.2, 0.25) is 0 Å². The largest absolute Gasteiger partial charge is 0.296 e. The van der Waals surface area contributed by atoms with Crippen molar-refractivity contribution in [3.8, 4) is 5.13 Å². The molecule has 0 saturated carbocycles. The molecule has 3 aromatic heterocycles. The molecule has 22 heavy (non-hydrogen) atoms. The van der Waals surface area contributed by atoms with Crippen LogP contribution in [0.3, 0.4) is 0 Å². The summed E-state index contributed by atoms with van der Waals surface area (Å²) in [5.41, 5.74) is 2.44. The van der Waals surface area contributed by atoms with Gasteiger partial charge in [-0.3, -0.25) is 9.47 Å². The molecule has 0 N–H and O–H groups in total. The van der Waals surface area contributed by atoms with Crippen molar-refractivity contribution < 1.29 is 0 Å². The molecule has 3 aromatic rings. The molecule has 0 saturated heterocycles. The van der Waals surface area contributed by atoms with Crippen LogP contribution in [-0.4, -0.2) is 26.5 Å². The lowest BCUT2D eigenvalue weighted by Gasteiger charge is -2.24. The number of nitrogens with zero attached hydrogens (tertiary/aromatic N) is 4. The van der Waals surface area contributed by atoms with Crippen molar-refractivity contribution in [3.63, 3.8) is 0 Å². The maximum Gasteiger partial charge on any atom is 0.193 e. The monoisotopic (exact) mass is 332 g/mol. The number of thiazole rings is 2. The first kappa shape index (κ1) is 15.4. The van der Waals surface area contributed by atoms with Gasteiger partial charge >= 0.3 is 0 Å². The molecular formula is C16H20N4S2. The van der Waals surface area contributed by atoms with E-state index in [0.717, 1.165) is 16.7 Å². The van der Waals surface area contributed by atoms with Crippen molar-refractivity contribution in [1.29, 1.82) is 0 Å². The van der Waals surface area contributed by atoms with Gasteiger partial charge in [-0.15, -0.1) is 22.7 Å². The highest BCUT2D eigenvalue weighted by Crippen LogP contribution is 2.27. The maximum atomic E-state index is 4.69. The van der Waals surface area contributed by atoms with Gasteiger partial charge in [0.25, 0.3) is 0 Å². The minimum Gasteiger partial charge on any atom is -0.296 e. The van der Waals surface area contributed by atoms with Crippen LogP contribution in [-0.2, 0) is 6.54 Å². The Morgan fingerprint density at radius 3 is 2.82 bits per heavy atom. The van der Waals surface area contributed by atoms with Gasteiger partial charge in [-0.25, -0.2) is 9.97 Å². The molecule has 0 unspecified atom stereocenters. The Kier molecular flexibility index (Phi) is 4.42. The molecule has 0 aliphatic heterocycles. The van der Waals surface area contributed by atoms with Gasteiger partial charge in [0, 0.05) is 34.9 Å². The zero-order valence-corrected chi connectivity index (χ0v) is 14.9. The molecule has 0 radical (unpaired) electrons. The minimum atomic E-state index is 0.296. The van der Waals surface area contributed by atoms with E-state index in [1.165, 1.54) is 16.3 Å². The summed E-state index contributed by atoms with van der Waals surface area (Å²) in [5.74, 6) is 0. The summed E-state index contributed by atoms with van der Waals surface area (Å²) in [7, 11) is 2.15. The summed E-state index contributed by atoms with van der Waals surface area (Å²) in [5, 5.41) is 4.16. The fraction of sp³-hybridized carbons (Fsp3) is 0.375. The molecule has 0 aliphatic carbocycles. The summed E-state index contributed by atoms with van der Waals surface area (Å²) in [6.45, 7) is 7.31. The van der Waals surface area contributed by atoms with Crippen LogP contribution in [0.15, 0.2) is 29.9 Å². The van der Waals surface area contributed by atoms with E-state index in [4.69, 9.17) is 4.98 Å². The van der Waals surface area contributed by atoms with Crippen LogP contribution < -0.4 is 0 Å². The molecule has 0 spiro atoms. The molecule has 0 fully saturated rings. The third-order valence-electron chi connectivity index (χ3n) is 3.87. The summed E-state index contributed by atoms with van der Waals surface area (Å²) in [6, 6.07) is 4.53. The quantitative estimate of drug-likeness (QED) is 0.702. The molecular weight excluding hydrogens is 312 g/mol. The third kappa shape index (κ3) is 2.99. The Balaban J connectivity index is 1.79. The zero-order chi connectivity index (χ0) is 15.7. The highest BCUT2D eigenvalue weighted by molar-refractivity contribution is 7.12. The molecule has 1 atom stereocenters. The Morgan fingerprint density at radius 1 is 1.36 bits per heavy atom. The van der Waals surface area contributed by atoms with Crippen LogP contribution in [0.5, 0.6) is 0 Å². The number of rotatable bonds is 5. The van der Waals surface area contributed by atoms with Crippen LogP contribution in [0.4, 0.5) is 0 Å². The lowest BCUT2D eigenvalue weighted by Crippen LogP contribution is -2.24. The van der Waals surface area contributed by atoms with Gasteiger partial charge < -0.3 is 0 Å². The number of hydrogen-bond donors (Lipinski definition) is 0. The first-order valence-corrected chi connectivity index (χ1v) is 8.96. The van der Waals surface area contributed by atoms with Gasteiger partial charge in [-0.05, 0) is 40.0 Å². The fourth-order valence-corrected chi connectivity index (χ4v) is 4.17. The first-order valence-electron chi connectivity index (χ1n) is 7.26. The summed E-state index contributed by atoms with van der Waals surface area (Å²) in [4.78, 5) is 12.7. The van der Waals surface area contributed by atoms with Crippen LogP contribution >= 0.6 is 22.7 Å². The number of aryl methyl sites for hydroxylation is 2. The molecule has 0 amide bonds. The molecule has 0 aliphatic rings. The Hall–Kier alpha value is -1.50. The van der Waals surface area contributed by atoms with Crippen molar-refractivity contribution in [1.82, 2.24) is 19.4 Å². The van der Waals surface area contributed by atoms with E-state index in [2.05, 4.69) is 60.6 Å². The Labute approximate surface area is 139 Å². The molecule has 116 valence electrons. The van der Waals surface area contributed by atoms with Crippen molar-refractivity contribution in [3.05, 3.63) is 51.2 Å². The van der Waals surface area contributed by atoms with E-state index in [-0.39, 0.29) is 0 Å². The second kappa shape index (κ2) is 6.32. The van der Waals surface area contributed by atoms with E-state index < -0.39 is 0 Å². The van der Waals surface area contributed by atoms with Crippen molar-refractivity contribution >= 4 is 22.7 Å². The van der Waals surface area contributed by atoms with Crippen molar-refractivity contribution in [2.75, 3.05) is 7.05 Å². The average molecular weight is 332 g/mol. The van der Waals surface area contributed by atoms with Gasteiger partial charge in [-0.1, -0.05) is 0 Å². The maximum absolute atomic E-state index is 4.69. The van der Waals surface area contributed by atoms with Crippen molar-refractivity contribution in [2.24, 2.45) is 0 Å². The Morgan fingerprint density at radius 2 is 2.18 bits per heavy atom. The average Bonchev–Trinajstić information content (AvgIpc) is 3.18. The van der Waals surface area contributed by atoms with E-state index in [1.807, 2.05) is 11.6 Å². The standard InChI is InChI=1S/C16H20N4S2/c1-11(15-12(2)22-13(3)18-15)19(4)10-14-6-5-8-20(14)16-17-7-9-21-16/h5-9,11H,10H2,1-4H3/t11-/m1/s1. The van der Waals surface area contributed by atoms with E-state index in [1.54, 1.807) is 22.7 Å². The van der Waals surface area contributed by atoms with Gasteiger partial charge in [0.15, 0.2) is 5.13 Å². The number of aromatic nitrogens is 3. The minimum absolute atomic E-state index is 0.296. The fourth-order valence-electron chi connectivity index (χ4n) is 2.60. The molecule has 0 bridgehead atoms. The predicted octanol–water partition coefficient (Wildman–Crippen LogP) is 4.20. The molecule has 3 rings (SSSR count). The van der Waals surface area contributed by atoms with Crippen LogP contribution in [0.2, 0.25) is 0 Å². The number of hydrogen-bond acceptors (Lipinski definition) is 5. The predicted molar refractivity (Wildman–Crippen MR) is 92.9 cm³/mol. The highest BCUT2D eigenvalue weighted by atomic mass is 32.1. The molecule has 0 aromatic carbocycles. The summed E-state index contributed by atoms with van der Waals surface area (Å²) < 4.78 is 2.16. The summed E-state index contributed by atoms with van der Waals surface area (Å²) in [6.07, 6.45) is 3.92. The topological polar surface area (TPSA) is 34.0 Å². The third-order valence-corrected chi connectivity index (χ3v) is 5.54. The van der Waals surface area contributed by atoms with Crippen LogP contribution in [0.1, 0.15) is 34.2 Å².